The van der Waals surface area contributed by atoms with Crippen molar-refractivity contribution in [2.45, 2.75) is 12.1 Å². The van der Waals surface area contributed by atoms with Gasteiger partial charge in [-0.25, -0.2) is 0 Å². The summed E-state index contributed by atoms with van der Waals surface area (Å²) in [6.07, 6.45) is 0.974. The Balaban J connectivity index is 2.54. The van der Waals surface area contributed by atoms with Crippen molar-refractivity contribution in [1.82, 2.24) is 0 Å². The summed E-state index contributed by atoms with van der Waals surface area (Å²) in [5.74, 6) is 0. The van der Waals surface area contributed by atoms with Gasteiger partial charge in [0.2, 0.25) is 0 Å². The van der Waals surface area contributed by atoms with Crippen LogP contribution in [0.15, 0.2) is 0 Å². The lowest BCUT2D eigenvalue weighted by molar-refractivity contribution is -0.0590. The lowest BCUT2D eigenvalue weighted by atomic mass is 10.4. The average Bonchev–Trinajstić information content (AvgIpc) is 1.97. The second-order valence-corrected chi connectivity index (χ2v) is 5.44. The second-order valence-electron chi connectivity index (χ2n) is 2.36. The van der Waals surface area contributed by atoms with E-state index >= 15 is 0 Å². The first-order valence-corrected chi connectivity index (χ1v) is 5.36. The molecule has 0 aromatic rings. The van der Waals surface area contributed by atoms with Crippen molar-refractivity contribution >= 4 is 8.80 Å². The molecule has 0 aliphatic carbocycles. The van der Waals surface area contributed by atoms with Crippen LogP contribution in [0.25, 0.3) is 0 Å². The molecule has 1 unspecified atom stereocenters. The van der Waals surface area contributed by atoms with Crippen molar-refractivity contribution in [3.63, 3.8) is 0 Å². The SMILES string of the molecule is CO[Si](OC)(OC)C1CCO1. The smallest absolute Gasteiger partial charge is 0.375 e. The summed E-state index contributed by atoms with van der Waals surface area (Å²) in [5, 5.41) is 0. The van der Waals surface area contributed by atoms with Crippen molar-refractivity contribution in [2.24, 2.45) is 0 Å². The van der Waals surface area contributed by atoms with Gasteiger partial charge in [-0.2, -0.15) is 0 Å². The molecule has 1 aliphatic rings. The molecule has 11 heavy (non-hydrogen) atoms. The van der Waals surface area contributed by atoms with Crippen LogP contribution in [0.3, 0.4) is 0 Å². The Morgan fingerprint density at radius 2 is 1.64 bits per heavy atom. The molecule has 4 nitrogen and oxygen atoms in total. The molecular weight excluding hydrogens is 164 g/mol. The first-order valence-electron chi connectivity index (χ1n) is 3.56. The average molecular weight is 178 g/mol. The summed E-state index contributed by atoms with van der Waals surface area (Å²) in [6.45, 7) is 0.787. The quantitative estimate of drug-likeness (QED) is 0.576. The Hall–Kier alpha value is 0.0569. The van der Waals surface area contributed by atoms with Gasteiger partial charge in [-0.1, -0.05) is 0 Å². The van der Waals surface area contributed by atoms with Gasteiger partial charge in [-0.15, -0.1) is 0 Å². The van der Waals surface area contributed by atoms with Gasteiger partial charge in [0.1, 0.15) is 5.73 Å². The topological polar surface area (TPSA) is 36.9 Å². The molecule has 1 atom stereocenters. The third-order valence-corrected chi connectivity index (χ3v) is 4.90. The molecule has 1 saturated heterocycles. The first-order chi connectivity index (χ1) is 5.29. The van der Waals surface area contributed by atoms with Crippen molar-refractivity contribution < 1.29 is 18.0 Å². The molecule has 1 rings (SSSR count). The van der Waals surface area contributed by atoms with Crippen LogP contribution in [0.4, 0.5) is 0 Å². The van der Waals surface area contributed by atoms with Crippen LogP contribution in [0.2, 0.25) is 0 Å². The molecule has 66 valence electrons. The molecule has 0 N–H and O–H groups in total. The van der Waals surface area contributed by atoms with Crippen LogP contribution in [-0.2, 0) is 18.0 Å². The molecular formula is C6H14O4Si. The minimum absolute atomic E-state index is 0.0440. The molecule has 1 aliphatic heterocycles. The van der Waals surface area contributed by atoms with E-state index in [0.717, 1.165) is 13.0 Å². The van der Waals surface area contributed by atoms with E-state index in [1.807, 2.05) is 0 Å². The minimum Gasteiger partial charge on any atom is -0.375 e. The summed E-state index contributed by atoms with van der Waals surface area (Å²) >= 11 is 0. The Morgan fingerprint density at radius 3 is 1.73 bits per heavy atom. The van der Waals surface area contributed by atoms with Gasteiger partial charge in [-0.3, -0.25) is 0 Å². The van der Waals surface area contributed by atoms with E-state index in [0.29, 0.717) is 0 Å². The maximum Gasteiger partial charge on any atom is 0.530 e. The Bertz CT molecular complexity index is 113. The molecule has 0 radical (unpaired) electrons. The van der Waals surface area contributed by atoms with Gasteiger partial charge >= 0.3 is 8.80 Å². The van der Waals surface area contributed by atoms with Gasteiger partial charge in [-0.05, 0) is 0 Å². The summed E-state index contributed by atoms with van der Waals surface area (Å²) in [5.41, 5.74) is 0.0440. The van der Waals surface area contributed by atoms with Crippen LogP contribution in [0.1, 0.15) is 6.42 Å². The third-order valence-electron chi connectivity index (χ3n) is 1.95. The predicted octanol–water partition coefficient (Wildman–Crippen LogP) is 0.193. The van der Waals surface area contributed by atoms with E-state index in [1.54, 1.807) is 21.3 Å². The summed E-state index contributed by atoms with van der Waals surface area (Å²) < 4.78 is 20.9. The summed E-state index contributed by atoms with van der Waals surface area (Å²) in [7, 11) is 2.34. The van der Waals surface area contributed by atoms with E-state index in [4.69, 9.17) is 18.0 Å². The number of ether oxygens (including phenoxy) is 1. The zero-order valence-electron chi connectivity index (χ0n) is 7.12. The lowest BCUT2D eigenvalue weighted by Gasteiger charge is -2.37. The summed E-state index contributed by atoms with van der Waals surface area (Å²) in [4.78, 5) is 0. The van der Waals surface area contributed by atoms with Gasteiger partial charge in [0.15, 0.2) is 0 Å². The molecule has 0 saturated carbocycles. The molecule has 1 fully saturated rings. The number of hydrogen-bond donors (Lipinski definition) is 0. The molecule has 0 spiro atoms. The highest BCUT2D eigenvalue weighted by molar-refractivity contribution is 6.62. The van der Waals surface area contributed by atoms with Gasteiger partial charge in [0.05, 0.1) is 0 Å². The second kappa shape index (κ2) is 3.64. The zero-order valence-corrected chi connectivity index (χ0v) is 8.12. The molecule has 0 aromatic carbocycles. The predicted molar refractivity (Wildman–Crippen MR) is 41.1 cm³/mol. The lowest BCUT2D eigenvalue weighted by Crippen LogP contribution is -2.59. The van der Waals surface area contributed by atoms with E-state index in [9.17, 15) is 0 Å². The van der Waals surface area contributed by atoms with Crippen LogP contribution in [0.5, 0.6) is 0 Å². The highest BCUT2D eigenvalue weighted by Gasteiger charge is 2.51. The third kappa shape index (κ3) is 1.47. The van der Waals surface area contributed by atoms with Crippen LogP contribution >= 0.6 is 0 Å². The minimum atomic E-state index is -2.46. The van der Waals surface area contributed by atoms with Gasteiger partial charge < -0.3 is 18.0 Å². The van der Waals surface area contributed by atoms with E-state index in [2.05, 4.69) is 0 Å². The maximum atomic E-state index is 5.26. The van der Waals surface area contributed by atoms with E-state index < -0.39 is 8.80 Å². The molecule has 0 amide bonds. The standard InChI is InChI=1S/C6H14O4Si/c1-7-11(8-2,9-3)6-4-5-10-6/h6H,4-5H2,1-3H3. The normalized spacial score (nSPS) is 24.8. The fourth-order valence-corrected chi connectivity index (χ4v) is 3.24. The Labute approximate surface area is 67.8 Å². The van der Waals surface area contributed by atoms with Crippen LogP contribution < -0.4 is 0 Å². The van der Waals surface area contributed by atoms with Gasteiger partial charge in [0.25, 0.3) is 0 Å². The Kier molecular flexibility index (Phi) is 3.03. The highest BCUT2D eigenvalue weighted by Crippen LogP contribution is 2.24. The van der Waals surface area contributed by atoms with Crippen molar-refractivity contribution in [2.75, 3.05) is 27.9 Å². The van der Waals surface area contributed by atoms with Crippen molar-refractivity contribution in [3.05, 3.63) is 0 Å². The molecule has 0 aromatic heterocycles. The maximum absolute atomic E-state index is 5.26. The van der Waals surface area contributed by atoms with Gasteiger partial charge in [0, 0.05) is 34.4 Å². The summed E-state index contributed by atoms with van der Waals surface area (Å²) in [6, 6.07) is 0. The highest BCUT2D eigenvalue weighted by atomic mass is 28.4. The fourth-order valence-electron chi connectivity index (χ4n) is 1.16. The molecule has 5 heteroatoms. The van der Waals surface area contributed by atoms with E-state index in [1.165, 1.54) is 0 Å². The number of rotatable bonds is 4. The van der Waals surface area contributed by atoms with E-state index in [-0.39, 0.29) is 5.73 Å². The monoisotopic (exact) mass is 178 g/mol. The molecule has 1 heterocycles. The fraction of sp³-hybridized carbons (Fsp3) is 1.00. The molecule has 0 bridgehead atoms. The van der Waals surface area contributed by atoms with Crippen LogP contribution in [-0.4, -0.2) is 42.5 Å². The largest absolute Gasteiger partial charge is 0.530 e. The first kappa shape index (κ1) is 9.15. The number of hydrogen-bond acceptors (Lipinski definition) is 4. The van der Waals surface area contributed by atoms with Crippen molar-refractivity contribution in [1.29, 1.82) is 0 Å². The Morgan fingerprint density at radius 1 is 1.18 bits per heavy atom. The zero-order chi connectivity index (χ0) is 8.32. The van der Waals surface area contributed by atoms with Crippen molar-refractivity contribution in [3.8, 4) is 0 Å². The van der Waals surface area contributed by atoms with Crippen LogP contribution in [0, 0.1) is 0 Å².